The molecule has 0 N–H and O–H groups in total. The van der Waals surface area contributed by atoms with E-state index in [1.807, 2.05) is 38.2 Å². The molecule has 150 valence electrons. The van der Waals surface area contributed by atoms with Gasteiger partial charge in [0.15, 0.2) is 0 Å². The summed E-state index contributed by atoms with van der Waals surface area (Å²) >= 11 is 0. The minimum absolute atomic E-state index is 0.0428. The van der Waals surface area contributed by atoms with E-state index in [0.29, 0.717) is 25.3 Å². The first-order valence-electron chi connectivity index (χ1n) is 9.43. The molecule has 1 saturated heterocycles. The predicted octanol–water partition coefficient (Wildman–Crippen LogP) is 2.41. The number of aryl methyl sites for hydroxylation is 2. The van der Waals surface area contributed by atoms with Crippen LogP contribution >= 0.6 is 0 Å². The maximum Gasteiger partial charge on any atom is 0.257 e. The number of benzene rings is 1. The van der Waals surface area contributed by atoms with Crippen molar-refractivity contribution in [2.75, 3.05) is 26.8 Å². The zero-order chi connectivity index (χ0) is 20.4. The molecule has 1 amide bonds. The molecule has 0 radical (unpaired) electrons. The Morgan fingerprint density at radius 1 is 1.21 bits per heavy atom. The number of rotatable bonds is 4. The van der Waals surface area contributed by atoms with Crippen LogP contribution in [0.2, 0.25) is 0 Å². The summed E-state index contributed by atoms with van der Waals surface area (Å²) in [5.41, 5.74) is 3.72. The van der Waals surface area contributed by atoms with E-state index in [4.69, 9.17) is 9.47 Å². The Morgan fingerprint density at radius 3 is 2.66 bits per heavy atom. The fraction of sp³-hybridized carbons (Fsp3) is 0.333. The molecule has 1 fully saturated rings. The normalized spacial score (nSPS) is 16.7. The highest BCUT2D eigenvalue weighted by molar-refractivity contribution is 5.95. The SMILES string of the molecule is COc1ccc(-c2nccnc2C2CN(C(=O)c3cn(C)nc3C)CCO2)cc1. The van der Waals surface area contributed by atoms with Crippen molar-refractivity contribution in [1.29, 1.82) is 0 Å². The predicted molar refractivity (Wildman–Crippen MR) is 107 cm³/mol. The molecule has 3 aromatic rings. The minimum Gasteiger partial charge on any atom is -0.497 e. The zero-order valence-corrected chi connectivity index (χ0v) is 16.7. The second-order valence-electron chi connectivity index (χ2n) is 6.93. The second kappa shape index (κ2) is 8.00. The van der Waals surface area contributed by atoms with Gasteiger partial charge in [-0.1, -0.05) is 0 Å². The summed E-state index contributed by atoms with van der Waals surface area (Å²) in [6.07, 6.45) is 4.72. The number of carbonyl (C=O) groups is 1. The first kappa shape index (κ1) is 19.1. The van der Waals surface area contributed by atoms with Gasteiger partial charge in [-0.15, -0.1) is 0 Å². The third kappa shape index (κ3) is 3.84. The summed E-state index contributed by atoms with van der Waals surface area (Å²) in [5.74, 6) is 0.732. The maximum atomic E-state index is 13.0. The zero-order valence-electron chi connectivity index (χ0n) is 16.7. The van der Waals surface area contributed by atoms with Gasteiger partial charge in [-0.3, -0.25) is 19.4 Å². The molecular formula is C21H23N5O3. The summed E-state index contributed by atoms with van der Waals surface area (Å²) in [5, 5.41) is 4.28. The van der Waals surface area contributed by atoms with E-state index in [0.717, 1.165) is 28.4 Å². The van der Waals surface area contributed by atoms with Gasteiger partial charge < -0.3 is 14.4 Å². The molecular weight excluding hydrogens is 370 g/mol. The van der Waals surface area contributed by atoms with Crippen LogP contribution in [0.5, 0.6) is 5.75 Å². The van der Waals surface area contributed by atoms with Gasteiger partial charge in [-0.25, -0.2) is 0 Å². The van der Waals surface area contributed by atoms with Gasteiger partial charge >= 0.3 is 0 Å². The van der Waals surface area contributed by atoms with Crippen molar-refractivity contribution in [2.24, 2.45) is 7.05 Å². The van der Waals surface area contributed by atoms with Crippen molar-refractivity contribution < 1.29 is 14.3 Å². The smallest absolute Gasteiger partial charge is 0.257 e. The van der Waals surface area contributed by atoms with Gasteiger partial charge in [0.05, 0.1) is 42.9 Å². The maximum absolute atomic E-state index is 13.0. The molecule has 8 nitrogen and oxygen atoms in total. The lowest BCUT2D eigenvalue weighted by molar-refractivity contribution is -0.0246. The number of nitrogens with zero attached hydrogens (tertiary/aromatic N) is 5. The first-order valence-corrected chi connectivity index (χ1v) is 9.43. The van der Waals surface area contributed by atoms with Gasteiger partial charge in [0.25, 0.3) is 5.91 Å². The topological polar surface area (TPSA) is 82.4 Å². The Bertz CT molecular complexity index is 1020. The Kier molecular flexibility index (Phi) is 5.26. The second-order valence-corrected chi connectivity index (χ2v) is 6.93. The van der Waals surface area contributed by atoms with Crippen molar-refractivity contribution in [3.63, 3.8) is 0 Å². The number of carbonyl (C=O) groups excluding carboxylic acids is 1. The third-order valence-corrected chi connectivity index (χ3v) is 4.99. The largest absolute Gasteiger partial charge is 0.497 e. The van der Waals surface area contributed by atoms with E-state index in [9.17, 15) is 4.79 Å². The van der Waals surface area contributed by atoms with Gasteiger partial charge in [0.2, 0.25) is 0 Å². The van der Waals surface area contributed by atoms with Crippen molar-refractivity contribution in [1.82, 2.24) is 24.6 Å². The van der Waals surface area contributed by atoms with E-state index in [1.54, 1.807) is 35.3 Å². The van der Waals surface area contributed by atoms with Crippen LogP contribution in [0.15, 0.2) is 42.9 Å². The van der Waals surface area contributed by atoms with Gasteiger partial charge in [0.1, 0.15) is 11.9 Å². The average Bonchev–Trinajstić information content (AvgIpc) is 3.11. The van der Waals surface area contributed by atoms with Crippen molar-refractivity contribution in [2.45, 2.75) is 13.0 Å². The number of methoxy groups -OCH3 is 1. The van der Waals surface area contributed by atoms with Crippen LogP contribution in [0.3, 0.4) is 0 Å². The highest BCUT2D eigenvalue weighted by Crippen LogP contribution is 2.30. The minimum atomic E-state index is -0.351. The van der Waals surface area contributed by atoms with E-state index >= 15 is 0 Å². The summed E-state index contributed by atoms with van der Waals surface area (Å²) in [4.78, 5) is 23.9. The van der Waals surface area contributed by atoms with Crippen LogP contribution in [0.4, 0.5) is 0 Å². The van der Waals surface area contributed by atoms with E-state index in [2.05, 4.69) is 15.1 Å². The monoisotopic (exact) mass is 393 g/mol. The van der Waals surface area contributed by atoms with Crippen LogP contribution in [0.25, 0.3) is 11.3 Å². The highest BCUT2D eigenvalue weighted by atomic mass is 16.5. The van der Waals surface area contributed by atoms with E-state index in [-0.39, 0.29) is 12.0 Å². The van der Waals surface area contributed by atoms with Crippen LogP contribution in [-0.2, 0) is 11.8 Å². The number of morpholine rings is 1. The Balaban J connectivity index is 1.60. The van der Waals surface area contributed by atoms with Crippen LogP contribution in [0, 0.1) is 6.92 Å². The Morgan fingerprint density at radius 2 is 1.97 bits per heavy atom. The third-order valence-electron chi connectivity index (χ3n) is 4.99. The molecule has 0 bridgehead atoms. The molecule has 1 aromatic carbocycles. The summed E-state index contributed by atoms with van der Waals surface area (Å²) in [7, 11) is 3.45. The number of hydrogen-bond acceptors (Lipinski definition) is 6. The molecule has 4 rings (SSSR count). The molecule has 1 aliphatic heterocycles. The summed E-state index contributed by atoms with van der Waals surface area (Å²) in [6, 6.07) is 7.65. The molecule has 8 heteroatoms. The van der Waals surface area contributed by atoms with Crippen molar-refractivity contribution >= 4 is 5.91 Å². The van der Waals surface area contributed by atoms with Crippen LogP contribution in [-0.4, -0.2) is 57.4 Å². The summed E-state index contributed by atoms with van der Waals surface area (Å²) in [6.45, 7) is 3.22. The van der Waals surface area contributed by atoms with Gasteiger partial charge in [-0.05, 0) is 31.2 Å². The molecule has 3 heterocycles. The lowest BCUT2D eigenvalue weighted by Crippen LogP contribution is -2.42. The number of amides is 1. The summed E-state index contributed by atoms with van der Waals surface area (Å²) < 4.78 is 12.9. The van der Waals surface area contributed by atoms with Crippen molar-refractivity contribution in [3.8, 4) is 17.0 Å². The first-order chi connectivity index (χ1) is 14.1. The fourth-order valence-corrected chi connectivity index (χ4v) is 3.53. The van der Waals surface area contributed by atoms with Gasteiger partial charge in [0, 0.05) is 37.7 Å². The number of ether oxygens (including phenoxy) is 2. The Hall–Kier alpha value is -3.26. The standard InChI is InChI=1S/C21H23N5O3/c1-14-17(12-25(2)24-14)21(27)26-10-11-29-18(13-26)20-19(22-8-9-23-20)15-4-6-16(28-3)7-5-15/h4-9,12,18H,10-11,13H2,1-3H3. The quantitative estimate of drug-likeness (QED) is 0.677. The lowest BCUT2D eigenvalue weighted by Gasteiger charge is -2.33. The molecule has 29 heavy (non-hydrogen) atoms. The van der Waals surface area contributed by atoms with E-state index < -0.39 is 0 Å². The number of hydrogen-bond donors (Lipinski definition) is 0. The Labute approximate surface area is 169 Å². The highest BCUT2D eigenvalue weighted by Gasteiger charge is 2.30. The molecule has 0 aliphatic carbocycles. The fourth-order valence-electron chi connectivity index (χ4n) is 3.53. The van der Waals surface area contributed by atoms with Crippen LogP contribution < -0.4 is 4.74 Å². The molecule has 1 unspecified atom stereocenters. The molecule has 0 saturated carbocycles. The molecule has 0 spiro atoms. The molecule has 1 aliphatic rings. The molecule has 1 atom stereocenters. The van der Waals surface area contributed by atoms with Crippen LogP contribution in [0.1, 0.15) is 27.8 Å². The lowest BCUT2D eigenvalue weighted by atomic mass is 10.0. The number of aromatic nitrogens is 4. The van der Waals surface area contributed by atoms with E-state index in [1.165, 1.54) is 0 Å². The van der Waals surface area contributed by atoms with Crippen molar-refractivity contribution in [3.05, 3.63) is 59.8 Å². The molecule has 2 aromatic heterocycles. The van der Waals surface area contributed by atoms with Gasteiger partial charge in [-0.2, -0.15) is 5.10 Å². The average molecular weight is 393 g/mol.